The molecule has 3 rings (SSSR count). The SMILES string of the molecule is CCC(C)C(=N)CCc1nc(-c2ccc(-c3ncc(S(C)(=O)=O)cn3)cc2)oc1C.Cl. The predicted octanol–water partition coefficient (Wildman–Crippen LogP) is 4.93. The Balaban J connectivity index is 0.00000341. The summed E-state index contributed by atoms with van der Waals surface area (Å²) in [5, 5.41) is 8.13. The highest BCUT2D eigenvalue weighted by Crippen LogP contribution is 2.25. The first-order valence-electron chi connectivity index (χ1n) is 9.85. The van der Waals surface area contributed by atoms with Gasteiger partial charge in [0.25, 0.3) is 0 Å². The summed E-state index contributed by atoms with van der Waals surface area (Å²) in [4.78, 5) is 13.0. The fraction of sp³-hybridized carbons (Fsp3) is 0.364. The summed E-state index contributed by atoms with van der Waals surface area (Å²) in [6.07, 6.45) is 6.09. The lowest BCUT2D eigenvalue weighted by Gasteiger charge is -2.09. The lowest BCUT2D eigenvalue weighted by atomic mass is 9.98. The number of halogens is 1. The van der Waals surface area contributed by atoms with Crippen molar-refractivity contribution in [3.8, 4) is 22.8 Å². The second kappa shape index (κ2) is 10.2. The standard InChI is InChI=1S/C22H26N4O3S.ClH/c1-5-14(2)19(23)10-11-20-15(3)29-22(26-20)17-8-6-16(7-9-17)21-24-12-18(13-25-21)30(4,27)28;/h6-9,12-14,23H,5,10-11H2,1-4H3;1H. The molecule has 9 heteroatoms. The fourth-order valence-electron chi connectivity index (χ4n) is 2.95. The summed E-state index contributed by atoms with van der Waals surface area (Å²) in [6.45, 7) is 6.06. The molecule has 0 saturated carbocycles. The van der Waals surface area contributed by atoms with Crippen LogP contribution in [0.5, 0.6) is 0 Å². The van der Waals surface area contributed by atoms with Crippen LogP contribution >= 0.6 is 12.4 Å². The number of nitrogens with one attached hydrogen (secondary N) is 1. The number of nitrogens with zero attached hydrogens (tertiary/aromatic N) is 3. The van der Waals surface area contributed by atoms with Crippen LogP contribution in [0.15, 0.2) is 46.0 Å². The van der Waals surface area contributed by atoms with E-state index >= 15 is 0 Å². The molecule has 0 saturated heterocycles. The maximum absolute atomic E-state index is 11.5. The Morgan fingerprint density at radius 2 is 1.71 bits per heavy atom. The van der Waals surface area contributed by atoms with E-state index in [1.807, 2.05) is 31.2 Å². The van der Waals surface area contributed by atoms with Gasteiger partial charge in [-0.2, -0.15) is 0 Å². The van der Waals surface area contributed by atoms with Crippen molar-refractivity contribution in [2.24, 2.45) is 5.92 Å². The number of sulfone groups is 1. The minimum atomic E-state index is -3.32. The van der Waals surface area contributed by atoms with Crippen molar-refractivity contribution >= 4 is 28.0 Å². The Hall–Kier alpha value is -2.58. The van der Waals surface area contributed by atoms with Crippen LogP contribution in [0.4, 0.5) is 0 Å². The van der Waals surface area contributed by atoms with Crippen LogP contribution in [0.25, 0.3) is 22.8 Å². The van der Waals surface area contributed by atoms with Gasteiger partial charge in [0.2, 0.25) is 5.89 Å². The molecule has 0 amide bonds. The molecule has 31 heavy (non-hydrogen) atoms. The predicted molar refractivity (Wildman–Crippen MR) is 124 cm³/mol. The van der Waals surface area contributed by atoms with Crippen LogP contribution in [-0.4, -0.2) is 35.3 Å². The summed E-state index contributed by atoms with van der Waals surface area (Å²) < 4.78 is 28.9. The van der Waals surface area contributed by atoms with Crippen molar-refractivity contribution in [1.82, 2.24) is 15.0 Å². The van der Waals surface area contributed by atoms with Crippen LogP contribution in [0, 0.1) is 18.3 Å². The summed E-state index contributed by atoms with van der Waals surface area (Å²) in [7, 11) is -3.32. The van der Waals surface area contributed by atoms with Gasteiger partial charge in [-0.3, -0.25) is 0 Å². The van der Waals surface area contributed by atoms with Crippen molar-refractivity contribution in [3.05, 3.63) is 48.1 Å². The third-order valence-electron chi connectivity index (χ3n) is 5.18. The first-order chi connectivity index (χ1) is 14.2. The largest absolute Gasteiger partial charge is 0.441 e. The summed E-state index contributed by atoms with van der Waals surface area (Å²) >= 11 is 0. The third kappa shape index (κ3) is 5.98. The third-order valence-corrected chi connectivity index (χ3v) is 6.24. The molecule has 1 N–H and O–H groups in total. The second-order valence-electron chi connectivity index (χ2n) is 7.45. The Morgan fingerprint density at radius 3 is 2.26 bits per heavy atom. The number of oxazole rings is 1. The first kappa shape index (κ1) is 24.7. The highest BCUT2D eigenvalue weighted by Gasteiger charge is 2.14. The molecule has 166 valence electrons. The van der Waals surface area contributed by atoms with E-state index in [1.165, 1.54) is 12.4 Å². The molecule has 0 aliphatic heterocycles. The van der Waals surface area contributed by atoms with E-state index in [0.717, 1.165) is 41.0 Å². The molecule has 2 heterocycles. The van der Waals surface area contributed by atoms with Crippen molar-refractivity contribution in [1.29, 1.82) is 5.41 Å². The number of aryl methyl sites for hydroxylation is 2. The second-order valence-corrected chi connectivity index (χ2v) is 9.46. The summed E-state index contributed by atoms with van der Waals surface area (Å²) in [5.41, 5.74) is 3.22. The lowest BCUT2D eigenvalue weighted by Crippen LogP contribution is -2.10. The van der Waals surface area contributed by atoms with Gasteiger partial charge in [0.15, 0.2) is 15.7 Å². The van der Waals surface area contributed by atoms with Crippen LogP contribution in [0.2, 0.25) is 0 Å². The van der Waals surface area contributed by atoms with Gasteiger partial charge in [-0.15, -0.1) is 12.4 Å². The molecule has 0 bridgehead atoms. The van der Waals surface area contributed by atoms with E-state index < -0.39 is 9.84 Å². The van der Waals surface area contributed by atoms with Crippen molar-refractivity contribution < 1.29 is 12.8 Å². The average molecular weight is 463 g/mol. The van der Waals surface area contributed by atoms with Gasteiger partial charge in [-0.25, -0.2) is 23.4 Å². The number of hydrogen-bond acceptors (Lipinski definition) is 7. The maximum atomic E-state index is 11.5. The van der Waals surface area contributed by atoms with Gasteiger partial charge in [0.05, 0.1) is 5.69 Å². The summed E-state index contributed by atoms with van der Waals surface area (Å²) in [6, 6.07) is 7.45. The Kier molecular flexibility index (Phi) is 8.08. The van der Waals surface area contributed by atoms with Gasteiger partial charge in [-0.1, -0.05) is 26.0 Å². The van der Waals surface area contributed by atoms with E-state index in [1.54, 1.807) is 0 Å². The van der Waals surface area contributed by atoms with E-state index in [2.05, 4.69) is 28.8 Å². The molecule has 0 spiro atoms. The molecule has 1 atom stereocenters. The first-order valence-corrected chi connectivity index (χ1v) is 11.7. The minimum absolute atomic E-state index is 0. The monoisotopic (exact) mass is 462 g/mol. The Bertz CT molecular complexity index is 1140. The fourth-order valence-corrected chi connectivity index (χ4v) is 3.44. The summed E-state index contributed by atoms with van der Waals surface area (Å²) in [5.74, 6) is 2.04. The van der Waals surface area contributed by atoms with Crippen LogP contribution in [0.3, 0.4) is 0 Å². The zero-order valence-corrected chi connectivity index (χ0v) is 19.7. The molecular formula is C22H27ClN4O3S. The average Bonchev–Trinajstić information content (AvgIpc) is 3.11. The minimum Gasteiger partial charge on any atom is -0.441 e. The van der Waals surface area contributed by atoms with E-state index in [4.69, 9.17) is 9.83 Å². The van der Waals surface area contributed by atoms with Crippen LogP contribution in [-0.2, 0) is 16.3 Å². The normalized spacial score (nSPS) is 12.3. The van der Waals surface area contributed by atoms with Gasteiger partial charge in [0.1, 0.15) is 10.7 Å². The van der Waals surface area contributed by atoms with Gasteiger partial charge in [-0.05, 0) is 44.2 Å². The Morgan fingerprint density at radius 1 is 1.13 bits per heavy atom. The molecule has 7 nitrogen and oxygen atoms in total. The smallest absolute Gasteiger partial charge is 0.226 e. The highest BCUT2D eigenvalue weighted by molar-refractivity contribution is 7.90. The van der Waals surface area contributed by atoms with Crippen molar-refractivity contribution in [2.75, 3.05) is 6.26 Å². The zero-order valence-electron chi connectivity index (χ0n) is 18.0. The molecule has 0 aliphatic carbocycles. The van der Waals surface area contributed by atoms with Gasteiger partial charge in [0, 0.05) is 35.5 Å². The molecule has 2 aromatic heterocycles. The van der Waals surface area contributed by atoms with Crippen molar-refractivity contribution in [2.45, 2.75) is 44.9 Å². The molecule has 0 radical (unpaired) electrons. The lowest BCUT2D eigenvalue weighted by molar-refractivity contribution is 0.539. The molecule has 0 fully saturated rings. The molecule has 0 aliphatic rings. The zero-order chi connectivity index (χ0) is 21.9. The number of hydrogen-bond donors (Lipinski definition) is 1. The molecule has 1 unspecified atom stereocenters. The quantitative estimate of drug-likeness (QED) is 0.475. The van der Waals surface area contributed by atoms with Gasteiger partial charge >= 0.3 is 0 Å². The van der Waals surface area contributed by atoms with E-state index in [9.17, 15) is 8.42 Å². The van der Waals surface area contributed by atoms with E-state index in [-0.39, 0.29) is 23.2 Å². The van der Waals surface area contributed by atoms with Crippen LogP contribution in [0.1, 0.15) is 38.1 Å². The van der Waals surface area contributed by atoms with Crippen molar-refractivity contribution in [3.63, 3.8) is 0 Å². The highest BCUT2D eigenvalue weighted by atomic mass is 35.5. The number of aromatic nitrogens is 3. The van der Waals surface area contributed by atoms with Gasteiger partial charge < -0.3 is 9.83 Å². The number of rotatable bonds is 8. The topological polar surface area (TPSA) is 110 Å². The molecular weight excluding hydrogens is 436 g/mol. The molecule has 1 aromatic carbocycles. The van der Waals surface area contributed by atoms with Crippen LogP contribution < -0.4 is 0 Å². The van der Waals surface area contributed by atoms with E-state index in [0.29, 0.717) is 24.6 Å². The number of benzene rings is 1. The molecule has 3 aromatic rings. The maximum Gasteiger partial charge on any atom is 0.226 e. The Labute approximate surface area is 189 Å².